The van der Waals surface area contributed by atoms with E-state index in [0.29, 0.717) is 6.04 Å². The van der Waals surface area contributed by atoms with Crippen molar-refractivity contribution in [2.24, 2.45) is 5.92 Å². The summed E-state index contributed by atoms with van der Waals surface area (Å²) in [5.74, 6) is 0.771. The molecule has 0 amide bonds. The molecule has 1 aromatic rings. The molecule has 0 saturated carbocycles. The van der Waals surface area contributed by atoms with E-state index in [4.69, 9.17) is 0 Å². The fraction of sp³-hybridized carbons (Fsp3) is 0.455. The van der Waals surface area contributed by atoms with Crippen molar-refractivity contribution in [1.29, 1.82) is 0 Å². The fourth-order valence-electron chi connectivity index (χ4n) is 1.83. The summed E-state index contributed by atoms with van der Waals surface area (Å²) in [6.07, 6.45) is 0. The van der Waals surface area contributed by atoms with Crippen molar-refractivity contribution in [2.75, 3.05) is 6.54 Å². The highest BCUT2D eigenvalue weighted by Gasteiger charge is 2.28. The van der Waals surface area contributed by atoms with Gasteiger partial charge in [0.05, 0.1) is 0 Å². The Kier molecular flexibility index (Phi) is 2.43. The Labute approximate surface area is 87.7 Å². The highest BCUT2D eigenvalue weighted by Crippen LogP contribution is 2.32. The van der Waals surface area contributed by atoms with Gasteiger partial charge in [0.1, 0.15) is 0 Å². The second kappa shape index (κ2) is 3.43. The van der Waals surface area contributed by atoms with Gasteiger partial charge in [0, 0.05) is 17.1 Å². The summed E-state index contributed by atoms with van der Waals surface area (Å²) in [6.45, 7) is 5.62. The molecule has 0 radical (unpaired) electrons. The van der Waals surface area contributed by atoms with Gasteiger partial charge in [-0.3, -0.25) is 0 Å². The van der Waals surface area contributed by atoms with Crippen LogP contribution < -0.4 is 5.32 Å². The topological polar surface area (TPSA) is 12.0 Å². The minimum atomic E-state index is 0.567. The van der Waals surface area contributed by atoms with E-state index in [1.165, 1.54) is 15.6 Å². The zero-order chi connectivity index (χ0) is 9.42. The van der Waals surface area contributed by atoms with E-state index in [1.54, 1.807) is 0 Å². The van der Waals surface area contributed by atoms with Crippen molar-refractivity contribution >= 4 is 15.9 Å². The lowest BCUT2D eigenvalue weighted by molar-refractivity contribution is 0.257. The molecule has 1 saturated heterocycles. The van der Waals surface area contributed by atoms with Crippen molar-refractivity contribution in [3.8, 4) is 0 Å². The van der Waals surface area contributed by atoms with Gasteiger partial charge >= 0.3 is 0 Å². The molecule has 2 atom stereocenters. The van der Waals surface area contributed by atoms with Gasteiger partial charge in [0.15, 0.2) is 0 Å². The van der Waals surface area contributed by atoms with E-state index in [1.807, 2.05) is 0 Å². The molecule has 1 N–H and O–H groups in total. The molecule has 1 heterocycles. The molecule has 1 aliphatic heterocycles. The third-order valence-corrected chi connectivity index (χ3v) is 3.30. The summed E-state index contributed by atoms with van der Waals surface area (Å²) in [4.78, 5) is 0. The molecule has 2 rings (SSSR count). The van der Waals surface area contributed by atoms with Crippen molar-refractivity contribution < 1.29 is 0 Å². The van der Waals surface area contributed by atoms with E-state index >= 15 is 0 Å². The third-order valence-electron chi connectivity index (χ3n) is 2.81. The van der Waals surface area contributed by atoms with Crippen LogP contribution in [0, 0.1) is 12.8 Å². The van der Waals surface area contributed by atoms with E-state index in [0.717, 1.165) is 12.5 Å². The maximum Gasteiger partial charge on any atom is 0.0361 e. The highest BCUT2D eigenvalue weighted by atomic mass is 79.9. The summed E-state index contributed by atoms with van der Waals surface area (Å²) < 4.78 is 1.18. The van der Waals surface area contributed by atoms with Gasteiger partial charge in [-0.2, -0.15) is 0 Å². The van der Waals surface area contributed by atoms with E-state index < -0.39 is 0 Å². The molecule has 1 nitrogen and oxygen atoms in total. The summed E-state index contributed by atoms with van der Waals surface area (Å²) >= 11 is 3.51. The van der Waals surface area contributed by atoms with Gasteiger partial charge in [-0.15, -0.1) is 0 Å². The summed E-state index contributed by atoms with van der Waals surface area (Å²) in [5.41, 5.74) is 2.82. The Balaban J connectivity index is 2.33. The third kappa shape index (κ3) is 1.65. The molecular formula is C11H14BrN. The highest BCUT2D eigenvalue weighted by molar-refractivity contribution is 9.10. The van der Waals surface area contributed by atoms with Crippen LogP contribution in [-0.4, -0.2) is 6.54 Å². The molecule has 1 aromatic carbocycles. The van der Waals surface area contributed by atoms with Crippen LogP contribution in [0.5, 0.6) is 0 Å². The zero-order valence-corrected chi connectivity index (χ0v) is 9.56. The number of aryl methyl sites for hydroxylation is 1. The van der Waals surface area contributed by atoms with Gasteiger partial charge in [-0.25, -0.2) is 0 Å². The Morgan fingerprint density at radius 2 is 2.23 bits per heavy atom. The van der Waals surface area contributed by atoms with Crippen LogP contribution in [0.25, 0.3) is 0 Å². The maximum atomic E-state index is 3.51. The lowest BCUT2D eigenvalue weighted by atomic mass is 9.86. The van der Waals surface area contributed by atoms with Gasteiger partial charge in [0.25, 0.3) is 0 Å². The number of hydrogen-bond donors (Lipinski definition) is 1. The minimum Gasteiger partial charge on any atom is -0.309 e. The van der Waals surface area contributed by atoms with Gasteiger partial charge in [0.2, 0.25) is 0 Å². The monoisotopic (exact) mass is 239 g/mol. The second-order valence-electron chi connectivity index (χ2n) is 3.86. The molecule has 0 bridgehead atoms. The number of nitrogens with one attached hydrogen (secondary N) is 1. The fourth-order valence-corrected chi connectivity index (χ4v) is 2.21. The Bertz CT molecular complexity index is 322. The molecule has 70 valence electrons. The number of halogens is 1. The van der Waals surface area contributed by atoms with Crippen molar-refractivity contribution in [1.82, 2.24) is 5.32 Å². The van der Waals surface area contributed by atoms with Crippen LogP contribution >= 0.6 is 15.9 Å². The average Bonchev–Trinajstić information content (AvgIpc) is 2.09. The predicted octanol–water partition coefficient (Wildman–Crippen LogP) is 3.04. The molecular weight excluding hydrogens is 226 g/mol. The quantitative estimate of drug-likeness (QED) is 0.795. The first-order valence-electron chi connectivity index (χ1n) is 4.68. The lowest BCUT2D eigenvalue weighted by Crippen LogP contribution is -2.44. The molecule has 1 fully saturated rings. The standard InChI is InChI=1S/C11H14BrN/c1-7-3-4-9(12)5-10(7)11-8(2)6-13-11/h3-5,8,11,13H,6H2,1-2H3. The molecule has 1 aliphatic rings. The van der Waals surface area contributed by atoms with Crippen LogP contribution in [0.4, 0.5) is 0 Å². The van der Waals surface area contributed by atoms with E-state index in [-0.39, 0.29) is 0 Å². The minimum absolute atomic E-state index is 0.567. The van der Waals surface area contributed by atoms with Crippen LogP contribution in [0.2, 0.25) is 0 Å². The Hall–Kier alpha value is -0.340. The number of hydrogen-bond acceptors (Lipinski definition) is 1. The first-order valence-corrected chi connectivity index (χ1v) is 5.47. The first kappa shape index (κ1) is 9.22. The molecule has 0 aromatic heterocycles. The van der Waals surface area contributed by atoms with E-state index in [9.17, 15) is 0 Å². The Morgan fingerprint density at radius 1 is 1.46 bits per heavy atom. The second-order valence-corrected chi connectivity index (χ2v) is 4.78. The largest absolute Gasteiger partial charge is 0.309 e. The van der Waals surface area contributed by atoms with Crippen LogP contribution in [0.15, 0.2) is 22.7 Å². The predicted molar refractivity (Wildman–Crippen MR) is 58.8 cm³/mol. The lowest BCUT2D eigenvalue weighted by Gasteiger charge is -2.37. The molecule has 0 spiro atoms. The van der Waals surface area contributed by atoms with Gasteiger partial charge < -0.3 is 5.32 Å². The molecule has 13 heavy (non-hydrogen) atoms. The van der Waals surface area contributed by atoms with E-state index in [2.05, 4.69) is 53.3 Å². The number of benzene rings is 1. The maximum absolute atomic E-state index is 3.51. The van der Waals surface area contributed by atoms with Crippen LogP contribution in [0.3, 0.4) is 0 Å². The normalized spacial score (nSPS) is 27.0. The average molecular weight is 240 g/mol. The summed E-state index contributed by atoms with van der Waals surface area (Å²) in [5, 5.41) is 3.46. The Morgan fingerprint density at radius 3 is 2.77 bits per heavy atom. The van der Waals surface area contributed by atoms with Crippen molar-refractivity contribution in [3.63, 3.8) is 0 Å². The molecule has 2 unspecified atom stereocenters. The summed E-state index contributed by atoms with van der Waals surface area (Å²) in [7, 11) is 0. The van der Waals surface area contributed by atoms with Crippen LogP contribution in [-0.2, 0) is 0 Å². The van der Waals surface area contributed by atoms with Crippen molar-refractivity contribution in [3.05, 3.63) is 33.8 Å². The zero-order valence-electron chi connectivity index (χ0n) is 7.97. The van der Waals surface area contributed by atoms with Gasteiger partial charge in [-0.05, 0) is 36.1 Å². The van der Waals surface area contributed by atoms with Crippen molar-refractivity contribution in [2.45, 2.75) is 19.9 Å². The SMILES string of the molecule is Cc1ccc(Br)cc1C1NCC1C. The first-order chi connectivity index (χ1) is 6.18. The smallest absolute Gasteiger partial charge is 0.0361 e. The van der Waals surface area contributed by atoms with Crippen LogP contribution in [0.1, 0.15) is 24.1 Å². The summed E-state index contributed by atoms with van der Waals surface area (Å²) in [6, 6.07) is 7.06. The molecule has 2 heteroatoms. The molecule has 0 aliphatic carbocycles. The number of rotatable bonds is 1. The van der Waals surface area contributed by atoms with Gasteiger partial charge in [-0.1, -0.05) is 28.9 Å².